The molecular weight excluding hydrogens is 229 g/mol. The van der Waals surface area contributed by atoms with E-state index in [1.807, 2.05) is 0 Å². The van der Waals surface area contributed by atoms with E-state index in [0.717, 1.165) is 6.42 Å². The molecule has 9 heavy (non-hydrogen) atoms. The number of aliphatic hydroxyl groups is 1. The first-order chi connectivity index (χ1) is 4.01. The fourth-order valence-electron chi connectivity index (χ4n) is 1.04. The van der Waals surface area contributed by atoms with E-state index in [1.54, 1.807) is 0 Å². The summed E-state index contributed by atoms with van der Waals surface area (Å²) in [6, 6.07) is 0. The molecule has 1 aliphatic heterocycles. The van der Waals surface area contributed by atoms with Crippen molar-refractivity contribution in [1.82, 2.24) is 3.53 Å². The van der Waals surface area contributed by atoms with E-state index in [9.17, 15) is 5.11 Å². The number of hydrogen-bond acceptors (Lipinski definition) is 2. The van der Waals surface area contributed by atoms with Gasteiger partial charge in [-0.1, -0.05) is 0 Å². The Labute approximate surface area is 63.8 Å². The first-order valence-electron chi connectivity index (χ1n) is 3.06. The molecule has 2 N–H and O–H groups in total. The number of aliphatic hydroxyl groups excluding tert-OH is 1. The predicted molar refractivity (Wildman–Crippen MR) is 47.8 cm³/mol. The second-order valence-corrected chi connectivity index (χ2v) is 8.06. The molecular formula is C6H14INO. The van der Waals surface area contributed by atoms with Crippen molar-refractivity contribution in [2.75, 3.05) is 4.93 Å². The summed E-state index contributed by atoms with van der Waals surface area (Å²) in [5, 5.41) is 9.34. The summed E-state index contributed by atoms with van der Waals surface area (Å²) in [4.78, 5) is 2.17. The van der Waals surface area contributed by atoms with E-state index in [-0.39, 0.29) is 9.65 Å². The van der Waals surface area contributed by atoms with Crippen molar-refractivity contribution >= 4 is 20.1 Å². The van der Waals surface area contributed by atoms with Crippen LogP contribution in [0.5, 0.6) is 0 Å². The predicted octanol–water partition coefficient (Wildman–Crippen LogP) is 1.13. The van der Waals surface area contributed by atoms with Gasteiger partial charge in [-0.05, 0) is 0 Å². The summed E-state index contributed by atoms with van der Waals surface area (Å²) < 4.78 is 3.45. The normalized spacial score (nSPS) is 37.3. The van der Waals surface area contributed by atoms with Crippen molar-refractivity contribution in [2.45, 2.75) is 29.9 Å². The van der Waals surface area contributed by atoms with Gasteiger partial charge in [0, 0.05) is 0 Å². The van der Waals surface area contributed by atoms with Crippen LogP contribution < -0.4 is 3.53 Å². The quantitative estimate of drug-likeness (QED) is 0.379. The number of nitrogens with one attached hydrogen (secondary N) is 1. The monoisotopic (exact) mass is 243 g/mol. The van der Waals surface area contributed by atoms with Crippen LogP contribution in [0, 0.1) is 0 Å². The molecule has 1 saturated heterocycles. The van der Waals surface area contributed by atoms with E-state index in [2.05, 4.69) is 22.3 Å². The van der Waals surface area contributed by atoms with Crippen LogP contribution in [0.3, 0.4) is 0 Å². The summed E-state index contributed by atoms with van der Waals surface area (Å²) in [6.07, 6.45) is 0.939. The number of halogens is 1. The van der Waals surface area contributed by atoms with Crippen molar-refractivity contribution in [3.8, 4) is 0 Å². The summed E-state index contributed by atoms with van der Waals surface area (Å²) in [5.74, 6) is 0. The summed E-state index contributed by atoms with van der Waals surface area (Å²) in [7, 11) is 0. The minimum absolute atomic E-state index is 0.00389. The first kappa shape index (κ1) is 7.75. The van der Waals surface area contributed by atoms with Gasteiger partial charge >= 0.3 is 63.6 Å². The third-order valence-corrected chi connectivity index (χ3v) is 6.37. The van der Waals surface area contributed by atoms with Crippen molar-refractivity contribution in [1.29, 1.82) is 0 Å². The molecule has 1 aliphatic rings. The van der Waals surface area contributed by atoms with Crippen molar-refractivity contribution in [3.05, 3.63) is 0 Å². The molecule has 1 heterocycles. The van der Waals surface area contributed by atoms with Crippen LogP contribution in [0.15, 0.2) is 0 Å². The van der Waals surface area contributed by atoms with Crippen molar-refractivity contribution in [3.63, 3.8) is 0 Å². The Kier molecular flexibility index (Phi) is 2.03. The second-order valence-electron chi connectivity index (χ2n) is 3.13. The maximum absolute atomic E-state index is 9.34. The topological polar surface area (TPSA) is 32.3 Å². The van der Waals surface area contributed by atoms with Gasteiger partial charge in [-0.3, -0.25) is 0 Å². The molecule has 0 aromatic carbocycles. The molecule has 0 radical (unpaired) electrons. The molecule has 0 unspecified atom stereocenters. The SMILES string of the molecule is CI1NC(C)(C)C[C@@H]1O. The fourth-order valence-corrected chi connectivity index (χ4v) is 5.69. The van der Waals surface area contributed by atoms with Gasteiger partial charge in [0.25, 0.3) is 0 Å². The molecule has 1 fully saturated rings. The maximum atomic E-state index is 9.34. The van der Waals surface area contributed by atoms with E-state index in [0.29, 0.717) is 0 Å². The van der Waals surface area contributed by atoms with Gasteiger partial charge in [-0.2, -0.15) is 0 Å². The molecule has 3 heteroatoms. The van der Waals surface area contributed by atoms with Crippen LogP contribution in [0.25, 0.3) is 0 Å². The molecule has 2 nitrogen and oxygen atoms in total. The van der Waals surface area contributed by atoms with Crippen LogP contribution in [0.1, 0.15) is 20.3 Å². The van der Waals surface area contributed by atoms with E-state index < -0.39 is 20.1 Å². The summed E-state index contributed by atoms with van der Waals surface area (Å²) >= 11 is -1.12. The van der Waals surface area contributed by atoms with Crippen LogP contribution in [0.2, 0.25) is 0 Å². The Morgan fingerprint density at radius 1 is 1.67 bits per heavy atom. The van der Waals surface area contributed by atoms with Crippen LogP contribution in [-0.2, 0) is 0 Å². The fraction of sp³-hybridized carbons (Fsp3) is 1.00. The van der Waals surface area contributed by atoms with Gasteiger partial charge < -0.3 is 0 Å². The van der Waals surface area contributed by atoms with Gasteiger partial charge in [0.1, 0.15) is 0 Å². The molecule has 56 valence electrons. The van der Waals surface area contributed by atoms with E-state index >= 15 is 0 Å². The number of rotatable bonds is 0. The molecule has 0 spiro atoms. The third-order valence-electron chi connectivity index (χ3n) is 1.46. The first-order valence-corrected chi connectivity index (χ1v) is 7.54. The molecule has 1 rings (SSSR count). The molecule has 0 aromatic heterocycles. The molecule has 0 bridgehead atoms. The second kappa shape index (κ2) is 2.36. The van der Waals surface area contributed by atoms with E-state index in [1.165, 1.54) is 0 Å². The Balaban J connectivity index is 2.54. The number of hydrogen-bond donors (Lipinski definition) is 2. The van der Waals surface area contributed by atoms with Crippen LogP contribution >= 0.6 is 20.1 Å². The summed E-state index contributed by atoms with van der Waals surface area (Å²) in [5.41, 5.74) is 0.207. The van der Waals surface area contributed by atoms with Crippen molar-refractivity contribution < 1.29 is 5.11 Å². The Hall–Kier alpha value is 0.650. The van der Waals surface area contributed by atoms with Gasteiger partial charge in [-0.25, -0.2) is 0 Å². The van der Waals surface area contributed by atoms with Gasteiger partial charge in [0.05, 0.1) is 0 Å². The van der Waals surface area contributed by atoms with Gasteiger partial charge in [0.15, 0.2) is 0 Å². The Bertz CT molecular complexity index is 104. The average molecular weight is 243 g/mol. The molecule has 0 amide bonds. The molecule has 0 aliphatic carbocycles. The van der Waals surface area contributed by atoms with E-state index in [4.69, 9.17) is 0 Å². The standard InChI is InChI=1S/C6H14INO/c1-6(2)4-5(9)7(3)8-6/h5,8-9H,4H2,1-3H3/t5-/m0/s1. The zero-order valence-corrected chi connectivity index (χ0v) is 8.27. The Morgan fingerprint density at radius 2 is 2.22 bits per heavy atom. The van der Waals surface area contributed by atoms with Crippen LogP contribution in [-0.4, -0.2) is 19.7 Å². The third kappa shape index (κ3) is 1.78. The zero-order valence-electron chi connectivity index (χ0n) is 6.11. The zero-order chi connectivity index (χ0) is 7.07. The molecule has 1 atom stereocenters. The molecule has 0 aromatic rings. The van der Waals surface area contributed by atoms with Crippen LogP contribution in [0.4, 0.5) is 0 Å². The van der Waals surface area contributed by atoms with Crippen molar-refractivity contribution in [2.24, 2.45) is 0 Å². The average Bonchev–Trinajstić information content (AvgIpc) is 1.79. The van der Waals surface area contributed by atoms with Gasteiger partial charge in [-0.15, -0.1) is 0 Å². The minimum atomic E-state index is -1.12. The molecule has 0 saturated carbocycles. The Morgan fingerprint density at radius 3 is 2.33 bits per heavy atom. The van der Waals surface area contributed by atoms with Gasteiger partial charge in [0.2, 0.25) is 0 Å². The number of alkyl halides is 2. The summed E-state index contributed by atoms with van der Waals surface area (Å²) in [6.45, 7) is 4.30.